The van der Waals surface area contributed by atoms with Crippen molar-refractivity contribution >= 4 is 34.1 Å². The van der Waals surface area contributed by atoms with Gasteiger partial charge in [-0.15, -0.1) is 23.1 Å². The van der Waals surface area contributed by atoms with E-state index in [0.29, 0.717) is 17.3 Å². The van der Waals surface area contributed by atoms with Crippen molar-refractivity contribution < 1.29 is 9.18 Å². The number of rotatable bonds is 6. The molecule has 24 heavy (non-hydrogen) atoms. The van der Waals surface area contributed by atoms with Crippen LogP contribution in [0.1, 0.15) is 10.4 Å². The zero-order valence-corrected chi connectivity index (χ0v) is 14.4. The number of carbonyl (C=O) groups is 1. The molecule has 1 heterocycles. The number of carbonyl (C=O) groups excluding carboxylic acids is 1. The Morgan fingerprint density at radius 1 is 1.17 bits per heavy atom. The first-order chi connectivity index (χ1) is 11.7. The highest BCUT2D eigenvalue weighted by Gasteiger charge is 2.08. The molecule has 0 bridgehead atoms. The summed E-state index contributed by atoms with van der Waals surface area (Å²) in [5.74, 6) is 0.00186. The molecule has 3 nitrogen and oxygen atoms in total. The topological polar surface area (TPSA) is 42.0 Å². The second-order valence-corrected chi connectivity index (χ2v) is 7.25. The van der Waals surface area contributed by atoms with Crippen LogP contribution in [-0.4, -0.2) is 16.6 Å². The van der Waals surface area contributed by atoms with Gasteiger partial charge in [-0.1, -0.05) is 30.3 Å². The maximum atomic E-state index is 13.2. The Balaban J connectivity index is 1.53. The second-order valence-electron chi connectivity index (χ2n) is 5.09. The molecule has 2 aromatic carbocycles. The SMILES string of the molecule is O=C(CSc1ccccc1)Nc1ncc(Cc2cccc(F)c2)s1. The van der Waals surface area contributed by atoms with Crippen LogP contribution in [0.25, 0.3) is 0 Å². The molecule has 0 radical (unpaired) electrons. The van der Waals surface area contributed by atoms with E-state index in [-0.39, 0.29) is 11.7 Å². The predicted molar refractivity (Wildman–Crippen MR) is 97.1 cm³/mol. The summed E-state index contributed by atoms with van der Waals surface area (Å²) >= 11 is 2.89. The van der Waals surface area contributed by atoms with Gasteiger partial charge in [0.25, 0.3) is 0 Å². The van der Waals surface area contributed by atoms with Crippen LogP contribution < -0.4 is 5.32 Å². The van der Waals surface area contributed by atoms with E-state index in [2.05, 4.69) is 10.3 Å². The minimum Gasteiger partial charge on any atom is -0.301 e. The van der Waals surface area contributed by atoms with Crippen molar-refractivity contribution in [3.63, 3.8) is 0 Å². The van der Waals surface area contributed by atoms with Crippen LogP contribution in [0, 0.1) is 5.82 Å². The van der Waals surface area contributed by atoms with Crippen LogP contribution in [0.4, 0.5) is 9.52 Å². The van der Waals surface area contributed by atoms with Gasteiger partial charge in [0, 0.05) is 22.4 Å². The molecule has 0 unspecified atom stereocenters. The maximum Gasteiger partial charge on any atom is 0.236 e. The lowest BCUT2D eigenvalue weighted by Gasteiger charge is -2.02. The van der Waals surface area contributed by atoms with E-state index >= 15 is 0 Å². The van der Waals surface area contributed by atoms with Gasteiger partial charge in [-0.05, 0) is 29.8 Å². The fourth-order valence-electron chi connectivity index (χ4n) is 2.12. The molecule has 0 saturated carbocycles. The van der Waals surface area contributed by atoms with Gasteiger partial charge in [0.05, 0.1) is 5.75 Å². The van der Waals surface area contributed by atoms with E-state index in [9.17, 15) is 9.18 Å². The molecular weight excluding hydrogens is 343 g/mol. The number of hydrogen-bond donors (Lipinski definition) is 1. The van der Waals surface area contributed by atoms with E-state index in [1.54, 1.807) is 12.3 Å². The Labute approximate surface area is 148 Å². The predicted octanol–water partition coefficient (Wildman–Crippen LogP) is 4.60. The fraction of sp³-hybridized carbons (Fsp3) is 0.111. The lowest BCUT2D eigenvalue weighted by molar-refractivity contribution is -0.113. The van der Waals surface area contributed by atoms with Crippen LogP contribution in [0.15, 0.2) is 65.7 Å². The minimum atomic E-state index is -0.247. The number of amides is 1. The monoisotopic (exact) mass is 358 g/mol. The van der Waals surface area contributed by atoms with Crippen molar-refractivity contribution in [3.8, 4) is 0 Å². The fourth-order valence-corrected chi connectivity index (χ4v) is 3.70. The third-order valence-electron chi connectivity index (χ3n) is 3.18. The van der Waals surface area contributed by atoms with Gasteiger partial charge in [-0.2, -0.15) is 0 Å². The van der Waals surface area contributed by atoms with Gasteiger partial charge in [0.2, 0.25) is 5.91 Å². The summed E-state index contributed by atoms with van der Waals surface area (Å²) in [7, 11) is 0. The molecule has 0 aliphatic carbocycles. The summed E-state index contributed by atoms with van der Waals surface area (Å²) < 4.78 is 13.2. The van der Waals surface area contributed by atoms with Crippen molar-refractivity contribution in [1.82, 2.24) is 4.98 Å². The zero-order valence-electron chi connectivity index (χ0n) is 12.7. The number of thiazole rings is 1. The molecule has 1 N–H and O–H groups in total. The van der Waals surface area contributed by atoms with Crippen LogP contribution >= 0.6 is 23.1 Å². The number of nitrogens with one attached hydrogen (secondary N) is 1. The van der Waals surface area contributed by atoms with E-state index in [0.717, 1.165) is 15.3 Å². The molecule has 0 aliphatic heterocycles. The van der Waals surface area contributed by atoms with E-state index in [1.165, 1.54) is 35.2 Å². The number of nitrogens with zero attached hydrogens (tertiary/aromatic N) is 1. The summed E-state index contributed by atoms with van der Waals surface area (Å²) in [6.45, 7) is 0. The minimum absolute atomic E-state index is 0.0875. The number of hydrogen-bond acceptors (Lipinski definition) is 4. The van der Waals surface area contributed by atoms with E-state index in [1.807, 2.05) is 36.4 Å². The quantitative estimate of drug-likeness (QED) is 0.655. The number of thioether (sulfide) groups is 1. The van der Waals surface area contributed by atoms with Crippen LogP contribution in [0.5, 0.6) is 0 Å². The van der Waals surface area contributed by atoms with Crippen molar-refractivity contribution in [2.75, 3.05) is 11.1 Å². The second kappa shape index (κ2) is 8.08. The largest absolute Gasteiger partial charge is 0.301 e. The van der Waals surface area contributed by atoms with E-state index in [4.69, 9.17) is 0 Å². The van der Waals surface area contributed by atoms with Gasteiger partial charge in [0.15, 0.2) is 5.13 Å². The third-order valence-corrected chi connectivity index (χ3v) is 5.11. The molecule has 0 fully saturated rings. The lowest BCUT2D eigenvalue weighted by Crippen LogP contribution is -2.13. The van der Waals surface area contributed by atoms with Gasteiger partial charge in [0.1, 0.15) is 5.82 Å². The Bertz CT molecular complexity index is 821. The first-order valence-corrected chi connectivity index (χ1v) is 9.16. The molecular formula is C18H15FN2OS2. The molecule has 0 spiro atoms. The summed E-state index contributed by atoms with van der Waals surface area (Å²) in [6.07, 6.45) is 2.32. The molecule has 0 atom stereocenters. The zero-order chi connectivity index (χ0) is 16.8. The number of aromatic nitrogens is 1. The van der Waals surface area contributed by atoms with Gasteiger partial charge >= 0.3 is 0 Å². The standard InChI is InChI=1S/C18H15FN2OS2/c19-14-6-4-5-13(9-14)10-16-11-20-18(24-16)21-17(22)12-23-15-7-2-1-3-8-15/h1-9,11H,10,12H2,(H,20,21,22). The molecule has 122 valence electrons. The molecule has 6 heteroatoms. The molecule has 3 rings (SSSR count). The van der Waals surface area contributed by atoms with Crippen LogP contribution in [-0.2, 0) is 11.2 Å². The maximum absolute atomic E-state index is 13.2. The number of anilines is 1. The van der Waals surface area contributed by atoms with Gasteiger partial charge in [-0.3, -0.25) is 4.79 Å². The van der Waals surface area contributed by atoms with Crippen molar-refractivity contribution in [2.24, 2.45) is 0 Å². The average Bonchev–Trinajstić information content (AvgIpc) is 3.01. The van der Waals surface area contributed by atoms with Crippen molar-refractivity contribution in [2.45, 2.75) is 11.3 Å². The normalized spacial score (nSPS) is 10.5. The summed E-state index contributed by atoms with van der Waals surface area (Å²) in [5.41, 5.74) is 0.885. The molecule has 0 aliphatic rings. The Hall–Kier alpha value is -2.18. The number of halogens is 1. The van der Waals surface area contributed by atoms with Gasteiger partial charge in [-0.25, -0.2) is 9.37 Å². The third kappa shape index (κ3) is 4.91. The Morgan fingerprint density at radius 2 is 2.00 bits per heavy atom. The summed E-state index contributed by atoms with van der Waals surface area (Å²) in [4.78, 5) is 18.2. The van der Waals surface area contributed by atoms with Crippen LogP contribution in [0.3, 0.4) is 0 Å². The highest BCUT2D eigenvalue weighted by Crippen LogP contribution is 2.22. The summed E-state index contributed by atoms with van der Waals surface area (Å²) in [6, 6.07) is 16.3. The first-order valence-electron chi connectivity index (χ1n) is 7.36. The smallest absolute Gasteiger partial charge is 0.236 e. The summed E-state index contributed by atoms with van der Waals surface area (Å²) in [5, 5.41) is 3.37. The highest BCUT2D eigenvalue weighted by molar-refractivity contribution is 8.00. The Kier molecular flexibility index (Phi) is 5.61. The highest BCUT2D eigenvalue weighted by atomic mass is 32.2. The molecule has 1 amide bonds. The van der Waals surface area contributed by atoms with Crippen molar-refractivity contribution in [3.05, 3.63) is 77.1 Å². The van der Waals surface area contributed by atoms with E-state index < -0.39 is 0 Å². The Morgan fingerprint density at radius 3 is 2.79 bits per heavy atom. The average molecular weight is 358 g/mol. The molecule has 1 aromatic heterocycles. The molecule has 3 aromatic rings. The van der Waals surface area contributed by atoms with Gasteiger partial charge < -0.3 is 5.32 Å². The first kappa shape index (κ1) is 16.7. The molecule has 0 saturated heterocycles. The number of benzene rings is 2. The lowest BCUT2D eigenvalue weighted by atomic mass is 10.1. The van der Waals surface area contributed by atoms with Crippen LogP contribution in [0.2, 0.25) is 0 Å². The van der Waals surface area contributed by atoms with Crippen molar-refractivity contribution in [1.29, 1.82) is 0 Å².